The second-order valence-electron chi connectivity index (χ2n) is 4.44. The van der Waals surface area contributed by atoms with Crippen molar-refractivity contribution >= 4 is 17.4 Å². The van der Waals surface area contributed by atoms with Gasteiger partial charge in [0.25, 0.3) is 0 Å². The molecule has 2 amide bonds. The number of rotatable bonds is 2. The summed E-state index contributed by atoms with van der Waals surface area (Å²) in [7, 11) is 0. The molecule has 0 unspecified atom stereocenters. The summed E-state index contributed by atoms with van der Waals surface area (Å²) < 4.78 is 26.9. The molecule has 0 heterocycles. The van der Waals surface area contributed by atoms with Gasteiger partial charge in [-0.1, -0.05) is 24.3 Å². The minimum Gasteiger partial charge on any atom is -0.307 e. The Kier molecular flexibility index (Phi) is 3.98. The third-order valence-electron chi connectivity index (χ3n) is 2.92. The molecule has 0 saturated heterocycles. The topological polar surface area (TPSA) is 41.1 Å². The van der Waals surface area contributed by atoms with Crippen molar-refractivity contribution in [3.63, 3.8) is 0 Å². The van der Waals surface area contributed by atoms with Crippen molar-refractivity contribution < 1.29 is 13.6 Å². The van der Waals surface area contributed by atoms with Gasteiger partial charge in [-0.25, -0.2) is 13.6 Å². The van der Waals surface area contributed by atoms with Crippen LogP contribution < -0.4 is 10.6 Å². The van der Waals surface area contributed by atoms with Crippen molar-refractivity contribution in [3.8, 4) is 0 Å². The Morgan fingerprint density at radius 3 is 1.85 bits per heavy atom. The number of amides is 2. The number of halogens is 2. The number of hydrogen-bond donors (Lipinski definition) is 2. The van der Waals surface area contributed by atoms with Gasteiger partial charge >= 0.3 is 6.03 Å². The molecule has 0 aliphatic carbocycles. The molecule has 5 heteroatoms. The van der Waals surface area contributed by atoms with Gasteiger partial charge in [0.15, 0.2) is 0 Å². The van der Waals surface area contributed by atoms with E-state index in [2.05, 4.69) is 10.6 Å². The lowest BCUT2D eigenvalue weighted by Crippen LogP contribution is -2.22. The van der Waals surface area contributed by atoms with E-state index in [9.17, 15) is 13.6 Å². The fourth-order valence-electron chi connectivity index (χ4n) is 1.89. The largest absolute Gasteiger partial charge is 0.323 e. The summed E-state index contributed by atoms with van der Waals surface area (Å²) in [5.74, 6) is -1.64. The Labute approximate surface area is 115 Å². The number of nitrogens with one attached hydrogen (secondary N) is 2. The summed E-state index contributed by atoms with van der Waals surface area (Å²) in [5.41, 5.74) is 1.90. The molecule has 0 aliphatic rings. The number of urea groups is 1. The molecule has 0 aliphatic heterocycles. The molecule has 2 N–H and O–H groups in total. The summed E-state index contributed by atoms with van der Waals surface area (Å²) in [6.07, 6.45) is 0. The van der Waals surface area contributed by atoms with E-state index in [1.54, 1.807) is 0 Å². The van der Waals surface area contributed by atoms with Crippen molar-refractivity contribution in [2.24, 2.45) is 0 Å². The number of carbonyl (C=O) groups excluding carboxylic acids is 1. The van der Waals surface area contributed by atoms with E-state index in [0.717, 1.165) is 23.3 Å². The number of aryl methyl sites for hydroxylation is 2. The van der Waals surface area contributed by atoms with Crippen LogP contribution in [0.15, 0.2) is 36.4 Å². The molecular weight excluding hydrogens is 262 g/mol. The maximum absolute atomic E-state index is 13.4. The van der Waals surface area contributed by atoms with Crippen LogP contribution >= 0.6 is 0 Å². The molecule has 0 saturated carbocycles. The molecule has 3 nitrogen and oxygen atoms in total. The smallest absolute Gasteiger partial charge is 0.307 e. The zero-order chi connectivity index (χ0) is 14.7. The lowest BCUT2D eigenvalue weighted by molar-refractivity contribution is 0.262. The Balaban J connectivity index is 2.18. The van der Waals surface area contributed by atoms with Crippen LogP contribution in [0.5, 0.6) is 0 Å². The Morgan fingerprint density at radius 1 is 0.850 bits per heavy atom. The lowest BCUT2D eigenvalue weighted by atomic mass is 10.1. The first kappa shape index (κ1) is 14.0. The molecule has 0 aromatic heterocycles. The number of benzene rings is 2. The quantitative estimate of drug-likeness (QED) is 0.847. The second kappa shape index (κ2) is 5.69. The summed E-state index contributed by atoms with van der Waals surface area (Å²) in [4.78, 5) is 11.8. The fourth-order valence-corrected chi connectivity index (χ4v) is 1.89. The second-order valence-corrected chi connectivity index (χ2v) is 4.44. The van der Waals surface area contributed by atoms with Crippen LogP contribution in [0.1, 0.15) is 11.1 Å². The Bertz CT molecular complexity index is 560. The van der Waals surface area contributed by atoms with Crippen molar-refractivity contribution in [3.05, 3.63) is 59.2 Å². The van der Waals surface area contributed by atoms with E-state index in [-0.39, 0.29) is 0 Å². The van der Waals surface area contributed by atoms with Crippen LogP contribution in [0.4, 0.5) is 25.0 Å². The first-order valence-electron chi connectivity index (χ1n) is 6.07. The Hall–Kier alpha value is -2.43. The van der Waals surface area contributed by atoms with Gasteiger partial charge in [0, 0.05) is 5.69 Å². The van der Waals surface area contributed by atoms with Gasteiger partial charge < -0.3 is 10.6 Å². The van der Waals surface area contributed by atoms with E-state index >= 15 is 0 Å². The highest BCUT2D eigenvalue weighted by atomic mass is 19.1. The van der Waals surface area contributed by atoms with Crippen LogP contribution in [-0.4, -0.2) is 6.03 Å². The Morgan fingerprint density at radius 2 is 1.30 bits per heavy atom. The normalized spacial score (nSPS) is 10.2. The van der Waals surface area contributed by atoms with Crippen LogP contribution in [0.25, 0.3) is 0 Å². The molecule has 2 aromatic carbocycles. The van der Waals surface area contributed by atoms with Crippen LogP contribution in [0.3, 0.4) is 0 Å². The van der Waals surface area contributed by atoms with Gasteiger partial charge in [-0.3, -0.25) is 0 Å². The van der Waals surface area contributed by atoms with Crippen molar-refractivity contribution in [2.45, 2.75) is 13.8 Å². The predicted molar refractivity (Wildman–Crippen MR) is 74.9 cm³/mol. The van der Waals surface area contributed by atoms with Crippen molar-refractivity contribution in [1.29, 1.82) is 0 Å². The first-order valence-corrected chi connectivity index (χ1v) is 6.07. The summed E-state index contributed by atoms with van der Waals surface area (Å²) in [5, 5.41) is 4.78. The molecule has 0 spiro atoms. The molecule has 104 valence electrons. The van der Waals surface area contributed by atoms with Gasteiger partial charge in [0.05, 0.1) is 0 Å². The fraction of sp³-hybridized carbons (Fsp3) is 0.133. The molecule has 0 bridgehead atoms. The third kappa shape index (κ3) is 2.93. The SMILES string of the molecule is Cc1cccc(C)c1NC(=O)Nc1c(F)cccc1F. The summed E-state index contributed by atoms with van der Waals surface area (Å²) in [6, 6.07) is 8.25. The molecule has 0 atom stereocenters. The maximum Gasteiger partial charge on any atom is 0.323 e. The van der Waals surface area contributed by atoms with Gasteiger partial charge in [0.2, 0.25) is 0 Å². The zero-order valence-corrected chi connectivity index (χ0v) is 11.1. The van der Waals surface area contributed by atoms with Crippen molar-refractivity contribution in [1.82, 2.24) is 0 Å². The van der Waals surface area contributed by atoms with Crippen molar-refractivity contribution in [2.75, 3.05) is 10.6 Å². The van der Waals surface area contributed by atoms with E-state index in [1.807, 2.05) is 32.0 Å². The van der Waals surface area contributed by atoms with Crippen LogP contribution in [0.2, 0.25) is 0 Å². The zero-order valence-electron chi connectivity index (χ0n) is 11.1. The standard InChI is InChI=1S/C15H14F2N2O/c1-9-5-3-6-10(2)13(9)18-15(20)19-14-11(16)7-4-8-12(14)17/h3-8H,1-2H3,(H2,18,19,20). The average molecular weight is 276 g/mol. The lowest BCUT2D eigenvalue weighted by Gasteiger charge is -2.13. The molecule has 2 aromatic rings. The highest BCUT2D eigenvalue weighted by molar-refractivity contribution is 6.00. The molecule has 2 rings (SSSR count). The molecule has 20 heavy (non-hydrogen) atoms. The van der Waals surface area contributed by atoms with Gasteiger partial charge in [-0.05, 0) is 37.1 Å². The minimum absolute atomic E-state index is 0.462. The third-order valence-corrected chi connectivity index (χ3v) is 2.92. The summed E-state index contributed by atoms with van der Waals surface area (Å²) in [6.45, 7) is 3.68. The minimum atomic E-state index is -0.818. The van der Waals surface area contributed by atoms with E-state index in [1.165, 1.54) is 6.07 Å². The van der Waals surface area contributed by atoms with Crippen LogP contribution in [-0.2, 0) is 0 Å². The first-order chi connectivity index (χ1) is 9.49. The maximum atomic E-state index is 13.4. The monoisotopic (exact) mass is 276 g/mol. The van der Waals surface area contributed by atoms with E-state index in [0.29, 0.717) is 5.69 Å². The van der Waals surface area contributed by atoms with Gasteiger partial charge in [-0.2, -0.15) is 0 Å². The molecular formula is C15H14F2N2O. The van der Waals surface area contributed by atoms with E-state index < -0.39 is 23.4 Å². The molecule has 0 radical (unpaired) electrons. The van der Waals surface area contributed by atoms with Crippen LogP contribution in [0, 0.1) is 25.5 Å². The molecule has 0 fully saturated rings. The number of hydrogen-bond acceptors (Lipinski definition) is 1. The van der Waals surface area contributed by atoms with Gasteiger partial charge in [-0.15, -0.1) is 0 Å². The average Bonchev–Trinajstić information content (AvgIpc) is 2.39. The highest BCUT2D eigenvalue weighted by Gasteiger charge is 2.13. The number of para-hydroxylation sites is 2. The summed E-state index contributed by atoms with van der Waals surface area (Å²) >= 11 is 0. The number of anilines is 2. The van der Waals surface area contributed by atoms with E-state index in [4.69, 9.17) is 0 Å². The predicted octanol–water partition coefficient (Wildman–Crippen LogP) is 4.23. The highest BCUT2D eigenvalue weighted by Crippen LogP contribution is 2.21. The van der Waals surface area contributed by atoms with Gasteiger partial charge in [0.1, 0.15) is 17.3 Å². The number of carbonyl (C=O) groups is 1.